The molecule has 140 valence electrons. The van der Waals surface area contributed by atoms with Gasteiger partial charge >= 0.3 is 6.03 Å². The molecular weight excluding hydrogens is 370 g/mol. The second-order valence-corrected chi connectivity index (χ2v) is 8.39. The molecule has 1 aromatic carbocycles. The van der Waals surface area contributed by atoms with Crippen LogP contribution in [-0.4, -0.2) is 34.4 Å². The molecule has 0 unspecified atom stereocenters. The number of carbonyl (C=O) groups is 2. The Morgan fingerprint density at radius 3 is 2.73 bits per heavy atom. The summed E-state index contributed by atoms with van der Waals surface area (Å²) in [5, 5.41) is 17.0. The number of rotatable bonds is 7. The highest BCUT2D eigenvalue weighted by atomic mass is 32.2. The summed E-state index contributed by atoms with van der Waals surface area (Å²) in [5.41, 5.74) is 2.73. The molecule has 0 saturated heterocycles. The lowest BCUT2D eigenvalue weighted by Gasteiger charge is -2.10. The zero-order valence-corrected chi connectivity index (χ0v) is 16.9. The Labute approximate surface area is 161 Å². The molecule has 1 heterocycles. The fourth-order valence-corrected chi connectivity index (χ4v) is 3.52. The number of carbonyl (C=O) groups excluding carboxylic acids is 2. The Morgan fingerprint density at radius 1 is 1.23 bits per heavy atom. The molecular formula is C17H23N5O2S2. The third-order valence-corrected chi connectivity index (χ3v) is 5.51. The number of aromatic nitrogens is 2. The van der Waals surface area contributed by atoms with Gasteiger partial charge < -0.3 is 10.6 Å². The molecule has 2 aromatic rings. The molecule has 9 heteroatoms. The van der Waals surface area contributed by atoms with Crippen molar-refractivity contribution < 1.29 is 9.59 Å². The quantitative estimate of drug-likeness (QED) is 0.621. The molecule has 0 fully saturated rings. The van der Waals surface area contributed by atoms with Crippen LogP contribution < -0.4 is 16.0 Å². The van der Waals surface area contributed by atoms with E-state index in [1.54, 1.807) is 6.07 Å². The number of thioether (sulfide) groups is 1. The molecule has 0 atom stereocenters. The molecule has 2 rings (SSSR count). The second-order valence-electron chi connectivity index (χ2n) is 6.19. The van der Waals surface area contributed by atoms with E-state index in [9.17, 15) is 9.59 Å². The summed E-state index contributed by atoms with van der Waals surface area (Å²) < 4.78 is 0.682. The standard InChI is InChI=1S/C17H23N5O2S2/c1-10(2)8-18-16-21-22-17(26-16)25-9-14(23)20-15(24)19-13-7-5-6-11(3)12(13)4/h5-7,10H,8-9H2,1-4H3,(H,18,21)(H2,19,20,23,24). The maximum absolute atomic E-state index is 12.0. The van der Waals surface area contributed by atoms with Crippen molar-refractivity contribution in [2.24, 2.45) is 5.92 Å². The Bertz CT molecular complexity index is 776. The van der Waals surface area contributed by atoms with Crippen molar-refractivity contribution in [2.45, 2.75) is 32.0 Å². The molecule has 26 heavy (non-hydrogen) atoms. The number of aryl methyl sites for hydroxylation is 1. The lowest BCUT2D eigenvalue weighted by atomic mass is 10.1. The molecule has 3 N–H and O–H groups in total. The van der Waals surface area contributed by atoms with Crippen LogP contribution in [0, 0.1) is 19.8 Å². The van der Waals surface area contributed by atoms with Crippen LogP contribution in [0.3, 0.4) is 0 Å². The highest BCUT2D eigenvalue weighted by Gasteiger charge is 2.12. The van der Waals surface area contributed by atoms with Gasteiger partial charge in [0, 0.05) is 12.2 Å². The first kappa shape index (κ1) is 20.2. The number of hydrogen-bond acceptors (Lipinski definition) is 7. The van der Waals surface area contributed by atoms with E-state index in [-0.39, 0.29) is 11.7 Å². The van der Waals surface area contributed by atoms with E-state index in [1.165, 1.54) is 23.1 Å². The van der Waals surface area contributed by atoms with Gasteiger partial charge in [-0.3, -0.25) is 10.1 Å². The van der Waals surface area contributed by atoms with Crippen molar-refractivity contribution in [3.05, 3.63) is 29.3 Å². The van der Waals surface area contributed by atoms with Crippen molar-refractivity contribution in [3.8, 4) is 0 Å². The van der Waals surface area contributed by atoms with Crippen LogP contribution in [0.25, 0.3) is 0 Å². The first-order valence-corrected chi connectivity index (χ1v) is 10.0. The van der Waals surface area contributed by atoms with Crippen molar-refractivity contribution in [1.82, 2.24) is 15.5 Å². The topological polar surface area (TPSA) is 96.0 Å². The zero-order chi connectivity index (χ0) is 19.1. The lowest BCUT2D eigenvalue weighted by Crippen LogP contribution is -2.35. The number of hydrogen-bond donors (Lipinski definition) is 3. The summed E-state index contributed by atoms with van der Waals surface area (Å²) in [6.07, 6.45) is 0. The van der Waals surface area contributed by atoms with Crippen LogP contribution in [0.1, 0.15) is 25.0 Å². The Kier molecular flexibility index (Phi) is 7.40. The SMILES string of the molecule is Cc1cccc(NC(=O)NC(=O)CSc2nnc(NCC(C)C)s2)c1C. The van der Waals surface area contributed by atoms with Crippen molar-refractivity contribution in [3.63, 3.8) is 0 Å². The predicted molar refractivity (Wildman–Crippen MR) is 107 cm³/mol. The van der Waals surface area contributed by atoms with E-state index in [0.29, 0.717) is 15.9 Å². The summed E-state index contributed by atoms with van der Waals surface area (Å²) in [4.78, 5) is 23.9. The molecule has 0 radical (unpaired) electrons. The minimum atomic E-state index is -0.541. The molecule has 0 saturated carbocycles. The molecule has 0 aliphatic rings. The number of nitrogens with one attached hydrogen (secondary N) is 3. The number of benzene rings is 1. The molecule has 0 aliphatic heterocycles. The minimum Gasteiger partial charge on any atom is -0.360 e. The van der Waals surface area contributed by atoms with Crippen LogP contribution in [0.2, 0.25) is 0 Å². The van der Waals surface area contributed by atoms with Gasteiger partial charge in [0.15, 0.2) is 4.34 Å². The molecule has 3 amide bonds. The zero-order valence-electron chi connectivity index (χ0n) is 15.3. The van der Waals surface area contributed by atoms with Gasteiger partial charge in [0.25, 0.3) is 0 Å². The van der Waals surface area contributed by atoms with Gasteiger partial charge in [0.1, 0.15) is 0 Å². The van der Waals surface area contributed by atoms with E-state index in [0.717, 1.165) is 22.8 Å². The third kappa shape index (κ3) is 6.30. The number of amides is 3. The van der Waals surface area contributed by atoms with Crippen molar-refractivity contribution >= 4 is 45.9 Å². The number of urea groups is 1. The highest BCUT2D eigenvalue weighted by molar-refractivity contribution is 8.01. The summed E-state index contributed by atoms with van der Waals surface area (Å²) >= 11 is 2.64. The van der Waals surface area contributed by atoms with E-state index >= 15 is 0 Å². The summed E-state index contributed by atoms with van der Waals surface area (Å²) in [6, 6.07) is 5.08. The Balaban J connectivity index is 1.78. The van der Waals surface area contributed by atoms with E-state index in [4.69, 9.17) is 0 Å². The summed E-state index contributed by atoms with van der Waals surface area (Å²) in [5.74, 6) is 0.222. The first-order chi connectivity index (χ1) is 12.3. The van der Waals surface area contributed by atoms with Gasteiger partial charge in [0.2, 0.25) is 11.0 Å². The fraction of sp³-hybridized carbons (Fsp3) is 0.412. The lowest BCUT2D eigenvalue weighted by molar-refractivity contribution is -0.117. The van der Waals surface area contributed by atoms with Crippen LogP contribution in [0.15, 0.2) is 22.5 Å². The van der Waals surface area contributed by atoms with Gasteiger partial charge in [-0.15, -0.1) is 10.2 Å². The van der Waals surface area contributed by atoms with Gasteiger partial charge in [-0.05, 0) is 37.0 Å². The molecule has 7 nitrogen and oxygen atoms in total. The van der Waals surface area contributed by atoms with Crippen molar-refractivity contribution in [2.75, 3.05) is 22.9 Å². The van der Waals surface area contributed by atoms with Crippen LogP contribution in [-0.2, 0) is 4.79 Å². The first-order valence-electron chi connectivity index (χ1n) is 8.22. The fourth-order valence-electron chi connectivity index (χ4n) is 1.96. The van der Waals surface area contributed by atoms with Gasteiger partial charge in [0.05, 0.1) is 5.75 Å². The third-order valence-electron chi connectivity index (χ3n) is 3.50. The maximum Gasteiger partial charge on any atom is 0.325 e. The number of imide groups is 1. The number of nitrogens with zero attached hydrogens (tertiary/aromatic N) is 2. The summed E-state index contributed by atoms with van der Waals surface area (Å²) in [6.45, 7) is 8.92. The van der Waals surface area contributed by atoms with Gasteiger partial charge in [-0.1, -0.05) is 49.1 Å². The smallest absolute Gasteiger partial charge is 0.325 e. The second kappa shape index (κ2) is 9.54. The molecule has 0 bridgehead atoms. The van der Waals surface area contributed by atoms with Crippen LogP contribution in [0.4, 0.5) is 15.6 Å². The van der Waals surface area contributed by atoms with Gasteiger partial charge in [-0.2, -0.15) is 0 Å². The largest absolute Gasteiger partial charge is 0.360 e. The van der Waals surface area contributed by atoms with E-state index in [1.807, 2.05) is 26.0 Å². The minimum absolute atomic E-state index is 0.0963. The van der Waals surface area contributed by atoms with E-state index < -0.39 is 6.03 Å². The predicted octanol–water partition coefficient (Wildman–Crippen LogP) is 3.66. The Morgan fingerprint density at radius 2 is 2.00 bits per heavy atom. The molecule has 0 spiro atoms. The van der Waals surface area contributed by atoms with E-state index in [2.05, 4.69) is 40.0 Å². The van der Waals surface area contributed by atoms with Gasteiger partial charge in [-0.25, -0.2) is 4.79 Å². The average molecular weight is 394 g/mol. The maximum atomic E-state index is 12.0. The van der Waals surface area contributed by atoms with Crippen LogP contribution >= 0.6 is 23.1 Å². The highest BCUT2D eigenvalue weighted by Crippen LogP contribution is 2.25. The Hall–Kier alpha value is -2.13. The number of anilines is 2. The van der Waals surface area contributed by atoms with Crippen molar-refractivity contribution in [1.29, 1.82) is 0 Å². The van der Waals surface area contributed by atoms with Crippen LogP contribution in [0.5, 0.6) is 0 Å². The monoisotopic (exact) mass is 393 g/mol. The molecule has 1 aromatic heterocycles. The molecule has 0 aliphatic carbocycles. The normalized spacial score (nSPS) is 10.7. The summed E-state index contributed by atoms with van der Waals surface area (Å²) in [7, 11) is 0. The average Bonchev–Trinajstić information content (AvgIpc) is 3.03.